The summed E-state index contributed by atoms with van der Waals surface area (Å²) < 4.78 is 28.4. The second kappa shape index (κ2) is 6.05. The van der Waals surface area contributed by atoms with E-state index in [1.165, 1.54) is 0 Å². The Morgan fingerprint density at radius 2 is 1.78 bits per heavy atom. The van der Waals surface area contributed by atoms with Crippen molar-refractivity contribution in [2.24, 2.45) is 0 Å². The van der Waals surface area contributed by atoms with Gasteiger partial charge in [-0.15, -0.1) is 0 Å². The van der Waals surface area contributed by atoms with Crippen LogP contribution in [0.3, 0.4) is 0 Å². The van der Waals surface area contributed by atoms with E-state index in [1.807, 2.05) is 19.9 Å². The SMILES string of the molecule is CCOP(=O)(Cc1coc(C(C)(C)C)c1)OCC. The van der Waals surface area contributed by atoms with Crippen molar-refractivity contribution in [3.05, 3.63) is 23.7 Å². The van der Waals surface area contributed by atoms with E-state index in [4.69, 9.17) is 13.5 Å². The summed E-state index contributed by atoms with van der Waals surface area (Å²) in [6.45, 7) is 10.6. The zero-order valence-electron chi connectivity index (χ0n) is 11.9. The first kappa shape index (κ1) is 15.5. The summed E-state index contributed by atoms with van der Waals surface area (Å²) in [7, 11) is -3.04. The van der Waals surface area contributed by atoms with E-state index >= 15 is 0 Å². The predicted molar refractivity (Wildman–Crippen MR) is 72.0 cm³/mol. The van der Waals surface area contributed by atoms with Gasteiger partial charge in [-0.05, 0) is 19.9 Å². The normalized spacial score (nSPS) is 12.9. The van der Waals surface area contributed by atoms with Gasteiger partial charge in [-0.2, -0.15) is 0 Å². The molecule has 5 heteroatoms. The summed E-state index contributed by atoms with van der Waals surface area (Å²) >= 11 is 0. The molecule has 4 nitrogen and oxygen atoms in total. The third kappa shape index (κ3) is 4.27. The fourth-order valence-corrected chi connectivity index (χ4v) is 3.25. The monoisotopic (exact) mass is 274 g/mol. The molecule has 18 heavy (non-hydrogen) atoms. The molecule has 1 aromatic heterocycles. The van der Waals surface area contributed by atoms with Gasteiger partial charge >= 0.3 is 7.60 Å². The van der Waals surface area contributed by atoms with Crippen LogP contribution in [0, 0.1) is 0 Å². The average Bonchev–Trinajstić information content (AvgIpc) is 2.65. The highest BCUT2D eigenvalue weighted by Gasteiger charge is 2.26. The average molecular weight is 274 g/mol. The molecule has 0 unspecified atom stereocenters. The van der Waals surface area contributed by atoms with Crippen molar-refractivity contribution >= 4 is 7.60 Å². The maximum Gasteiger partial charge on any atom is 0.335 e. The molecule has 1 rings (SSSR count). The Bertz CT molecular complexity index is 407. The van der Waals surface area contributed by atoms with Crippen molar-refractivity contribution in [1.29, 1.82) is 0 Å². The van der Waals surface area contributed by atoms with Gasteiger partial charge in [0.05, 0.1) is 25.6 Å². The van der Waals surface area contributed by atoms with Crippen molar-refractivity contribution < 1.29 is 18.0 Å². The number of hydrogen-bond donors (Lipinski definition) is 0. The van der Waals surface area contributed by atoms with Gasteiger partial charge in [-0.25, -0.2) is 0 Å². The minimum absolute atomic E-state index is 0.0561. The Hall–Kier alpha value is -0.570. The lowest BCUT2D eigenvalue weighted by Gasteiger charge is -2.16. The summed E-state index contributed by atoms with van der Waals surface area (Å²) in [5.41, 5.74) is 0.796. The van der Waals surface area contributed by atoms with Gasteiger partial charge in [0.1, 0.15) is 5.76 Å². The summed E-state index contributed by atoms with van der Waals surface area (Å²) in [4.78, 5) is 0. The van der Waals surface area contributed by atoms with E-state index in [2.05, 4.69) is 20.8 Å². The molecule has 0 aromatic carbocycles. The van der Waals surface area contributed by atoms with Crippen molar-refractivity contribution in [3.8, 4) is 0 Å². The lowest BCUT2D eigenvalue weighted by atomic mass is 9.93. The van der Waals surface area contributed by atoms with Crippen LogP contribution < -0.4 is 0 Å². The Labute approximate surface area is 109 Å². The fraction of sp³-hybridized carbons (Fsp3) is 0.692. The molecular weight excluding hydrogens is 251 g/mol. The molecule has 1 heterocycles. The Morgan fingerprint density at radius 1 is 1.22 bits per heavy atom. The standard InChI is InChI=1S/C13H23O4P/c1-6-16-18(14,17-7-2)10-11-8-12(15-9-11)13(3,4)5/h8-9H,6-7,10H2,1-5H3. The van der Waals surface area contributed by atoms with E-state index in [9.17, 15) is 4.57 Å². The summed E-state index contributed by atoms with van der Waals surface area (Å²) in [6, 6.07) is 1.92. The van der Waals surface area contributed by atoms with Crippen LogP contribution in [0.15, 0.2) is 16.7 Å². The molecule has 0 radical (unpaired) electrons. The molecule has 0 saturated carbocycles. The topological polar surface area (TPSA) is 48.7 Å². The molecular formula is C13H23O4P. The van der Waals surface area contributed by atoms with E-state index in [1.54, 1.807) is 6.26 Å². The summed E-state index contributed by atoms with van der Waals surface area (Å²) in [6.07, 6.45) is 1.89. The predicted octanol–water partition coefficient (Wildman–Crippen LogP) is 4.34. The van der Waals surface area contributed by atoms with E-state index in [-0.39, 0.29) is 11.6 Å². The van der Waals surface area contributed by atoms with Crippen LogP contribution in [-0.2, 0) is 25.2 Å². The first-order valence-corrected chi connectivity index (χ1v) is 7.99. The lowest BCUT2D eigenvalue weighted by molar-refractivity contribution is 0.219. The van der Waals surface area contributed by atoms with Gasteiger partial charge < -0.3 is 13.5 Å². The molecule has 104 valence electrons. The van der Waals surface area contributed by atoms with Gasteiger partial charge in [0.25, 0.3) is 0 Å². The van der Waals surface area contributed by atoms with Gasteiger partial charge in [0.2, 0.25) is 0 Å². The maximum absolute atomic E-state index is 12.4. The third-order valence-corrected chi connectivity index (χ3v) is 4.48. The second-order valence-corrected chi connectivity index (χ2v) is 7.23. The van der Waals surface area contributed by atoms with Crippen molar-refractivity contribution in [2.45, 2.75) is 46.2 Å². The molecule has 0 aliphatic heterocycles. The van der Waals surface area contributed by atoms with Crippen LogP contribution in [0.2, 0.25) is 0 Å². The fourth-order valence-electron chi connectivity index (χ4n) is 1.60. The first-order valence-electron chi connectivity index (χ1n) is 6.26. The smallest absolute Gasteiger partial charge is 0.335 e. The minimum Gasteiger partial charge on any atom is -0.468 e. The highest BCUT2D eigenvalue weighted by atomic mass is 31.2. The summed E-state index contributed by atoms with van der Waals surface area (Å²) in [5.74, 6) is 0.872. The van der Waals surface area contributed by atoms with Crippen LogP contribution in [0.5, 0.6) is 0 Å². The minimum atomic E-state index is -3.04. The zero-order valence-corrected chi connectivity index (χ0v) is 12.8. The maximum atomic E-state index is 12.4. The van der Waals surface area contributed by atoms with Gasteiger partial charge in [-0.3, -0.25) is 4.57 Å². The number of rotatable bonds is 6. The molecule has 1 aromatic rings. The summed E-state index contributed by atoms with van der Waals surface area (Å²) in [5, 5.41) is 0. The molecule has 0 aliphatic rings. The Balaban J connectivity index is 2.82. The number of hydrogen-bond acceptors (Lipinski definition) is 4. The van der Waals surface area contributed by atoms with Crippen molar-refractivity contribution in [3.63, 3.8) is 0 Å². The highest BCUT2D eigenvalue weighted by Crippen LogP contribution is 2.51. The van der Waals surface area contributed by atoms with Crippen LogP contribution in [0.25, 0.3) is 0 Å². The zero-order chi connectivity index (χ0) is 13.8. The highest BCUT2D eigenvalue weighted by molar-refractivity contribution is 7.53. The molecule has 0 bridgehead atoms. The second-order valence-electron chi connectivity index (χ2n) is 5.17. The third-order valence-electron chi connectivity index (χ3n) is 2.42. The van der Waals surface area contributed by atoms with Gasteiger partial charge in [0, 0.05) is 11.0 Å². The van der Waals surface area contributed by atoms with Crippen LogP contribution in [-0.4, -0.2) is 13.2 Å². The van der Waals surface area contributed by atoms with Gasteiger partial charge in [-0.1, -0.05) is 20.8 Å². The largest absolute Gasteiger partial charge is 0.468 e. The Kier molecular flexibility index (Phi) is 5.20. The molecule has 0 amide bonds. The lowest BCUT2D eigenvalue weighted by Crippen LogP contribution is -2.09. The number of furan rings is 1. The van der Waals surface area contributed by atoms with Crippen LogP contribution >= 0.6 is 7.60 Å². The van der Waals surface area contributed by atoms with Crippen LogP contribution in [0.4, 0.5) is 0 Å². The van der Waals surface area contributed by atoms with Crippen molar-refractivity contribution in [2.75, 3.05) is 13.2 Å². The molecule has 0 N–H and O–H groups in total. The molecule has 0 fully saturated rings. The molecule has 0 spiro atoms. The molecule has 0 saturated heterocycles. The van der Waals surface area contributed by atoms with E-state index in [0.717, 1.165) is 11.3 Å². The quantitative estimate of drug-likeness (QED) is 0.724. The van der Waals surface area contributed by atoms with E-state index in [0.29, 0.717) is 13.2 Å². The molecule has 0 aliphatic carbocycles. The Morgan fingerprint density at radius 3 is 2.17 bits per heavy atom. The van der Waals surface area contributed by atoms with Crippen molar-refractivity contribution in [1.82, 2.24) is 0 Å². The molecule has 0 atom stereocenters. The van der Waals surface area contributed by atoms with Crippen LogP contribution in [0.1, 0.15) is 45.9 Å². The first-order chi connectivity index (χ1) is 8.30. The van der Waals surface area contributed by atoms with Gasteiger partial charge in [0.15, 0.2) is 0 Å². The van der Waals surface area contributed by atoms with E-state index < -0.39 is 7.60 Å².